The van der Waals surface area contributed by atoms with Gasteiger partial charge in [-0.2, -0.15) is 0 Å². The number of hydrogen-bond acceptors (Lipinski definition) is 1. The summed E-state index contributed by atoms with van der Waals surface area (Å²) in [5.74, 6) is -0.242. The molecule has 106 valence electrons. The fourth-order valence-electron chi connectivity index (χ4n) is 2.53. The summed E-state index contributed by atoms with van der Waals surface area (Å²) in [6.45, 7) is 7.02. The molecule has 0 saturated carbocycles. The monoisotopic (exact) mass is 271 g/mol. The zero-order valence-corrected chi connectivity index (χ0v) is 12.3. The van der Waals surface area contributed by atoms with Gasteiger partial charge in [-0.1, -0.05) is 38.1 Å². The van der Waals surface area contributed by atoms with Crippen molar-refractivity contribution >= 4 is 5.97 Å². The highest BCUT2D eigenvalue weighted by atomic mass is 16.4. The van der Waals surface area contributed by atoms with Crippen LogP contribution in [0, 0.1) is 5.92 Å². The average Bonchev–Trinajstić information content (AvgIpc) is 2.82. The molecule has 0 aliphatic rings. The van der Waals surface area contributed by atoms with Gasteiger partial charge in [-0.15, -0.1) is 0 Å². The number of carboxylic acid groups (broad SMARTS) is 1. The number of carboxylic acids is 1. The van der Waals surface area contributed by atoms with Crippen LogP contribution < -0.4 is 0 Å². The highest BCUT2D eigenvalue weighted by molar-refractivity contribution is 5.87. The smallest absolute Gasteiger partial charge is 0.352 e. The number of carbonyl (C=O) groups is 1. The van der Waals surface area contributed by atoms with E-state index in [1.54, 1.807) is 6.07 Å². The molecular formula is C17H21NO2. The molecule has 1 N–H and O–H groups in total. The predicted molar refractivity (Wildman–Crippen MR) is 81.0 cm³/mol. The van der Waals surface area contributed by atoms with Crippen molar-refractivity contribution in [2.24, 2.45) is 5.92 Å². The van der Waals surface area contributed by atoms with Crippen molar-refractivity contribution in [3.8, 4) is 11.3 Å². The summed E-state index contributed by atoms with van der Waals surface area (Å²) in [6.07, 6.45) is 1.06. The summed E-state index contributed by atoms with van der Waals surface area (Å²) in [7, 11) is 0. The minimum absolute atomic E-state index is 0.341. The number of aromatic carboxylic acids is 1. The van der Waals surface area contributed by atoms with E-state index in [9.17, 15) is 9.90 Å². The van der Waals surface area contributed by atoms with E-state index in [4.69, 9.17) is 0 Å². The van der Waals surface area contributed by atoms with Gasteiger partial charge in [-0.25, -0.2) is 4.79 Å². The SMILES string of the molecule is CCn1c(C(=O)O)ccc1-c1ccc(CC(C)C)cc1. The van der Waals surface area contributed by atoms with Gasteiger partial charge in [0, 0.05) is 12.2 Å². The van der Waals surface area contributed by atoms with Crippen LogP contribution in [0.5, 0.6) is 0 Å². The first-order valence-electron chi connectivity index (χ1n) is 7.05. The standard InChI is InChI=1S/C17H21NO2/c1-4-18-15(9-10-16(18)17(19)20)14-7-5-13(6-8-14)11-12(2)3/h5-10,12H,4,11H2,1-3H3,(H,19,20). The quantitative estimate of drug-likeness (QED) is 0.890. The fourth-order valence-corrected chi connectivity index (χ4v) is 2.53. The molecule has 1 aromatic carbocycles. The van der Waals surface area contributed by atoms with Crippen LogP contribution >= 0.6 is 0 Å². The second kappa shape index (κ2) is 5.95. The van der Waals surface area contributed by atoms with Crippen LogP contribution in [0.25, 0.3) is 11.3 Å². The van der Waals surface area contributed by atoms with Crippen LogP contribution in [0.4, 0.5) is 0 Å². The van der Waals surface area contributed by atoms with Gasteiger partial charge in [0.25, 0.3) is 0 Å². The lowest BCUT2D eigenvalue weighted by Crippen LogP contribution is -2.08. The minimum atomic E-state index is -0.880. The van der Waals surface area contributed by atoms with Crippen molar-refractivity contribution in [1.29, 1.82) is 0 Å². The lowest BCUT2D eigenvalue weighted by Gasteiger charge is -2.10. The molecule has 3 heteroatoms. The Morgan fingerprint density at radius 1 is 1.15 bits per heavy atom. The molecule has 0 spiro atoms. The van der Waals surface area contributed by atoms with Crippen LogP contribution in [-0.4, -0.2) is 15.6 Å². The fraction of sp³-hybridized carbons (Fsp3) is 0.353. The molecule has 3 nitrogen and oxygen atoms in total. The molecular weight excluding hydrogens is 250 g/mol. The minimum Gasteiger partial charge on any atom is -0.477 e. The third-order valence-corrected chi connectivity index (χ3v) is 3.41. The Kier molecular flexibility index (Phi) is 4.28. The number of hydrogen-bond donors (Lipinski definition) is 1. The van der Waals surface area contributed by atoms with E-state index in [1.165, 1.54) is 5.56 Å². The molecule has 20 heavy (non-hydrogen) atoms. The van der Waals surface area contributed by atoms with Gasteiger partial charge in [-0.05, 0) is 42.5 Å². The van der Waals surface area contributed by atoms with Crippen molar-refractivity contribution in [1.82, 2.24) is 4.57 Å². The molecule has 1 heterocycles. The lowest BCUT2D eigenvalue weighted by atomic mass is 10.0. The summed E-state index contributed by atoms with van der Waals surface area (Å²) in [5, 5.41) is 9.18. The molecule has 0 bridgehead atoms. The second-order valence-corrected chi connectivity index (χ2v) is 5.45. The Balaban J connectivity index is 2.34. The normalized spacial score (nSPS) is 11.0. The van der Waals surface area contributed by atoms with Crippen LogP contribution in [0.2, 0.25) is 0 Å². The molecule has 0 aliphatic carbocycles. The number of benzene rings is 1. The molecule has 0 amide bonds. The molecule has 2 aromatic rings. The van der Waals surface area contributed by atoms with Gasteiger partial charge >= 0.3 is 5.97 Å². The van der Waals surface area contributed by atoms with E-state index < -0.39 is 5.97 Å². The van der Waals surface area contributed by atoms with E-state index in [0.717, 1.165) is 17.7 Å². The first kappa shape index (κ1) is 14.4. The van der Waals surface area contributed by atoms with Crippen LogP contribution in [0.3, 0.4) is 0 Å². The summed E-state index contributed by atoms with van der Waals surface area (Å²) >= 11 is 0. The Hall–Kier alpha value is -2.03. The molecule has 0 atom stereocenters. The van der Waals surface area contributed by atoms with E-state index in [2.05, 4.69) is 38.1 Å². The Bertz CT molecular complexity index is 594. The zero-order chi connectivity index (χ0) is 14.7. The molecule has 0 unspecified atom stereocenters. The van der Waals surface area contributed by atoms with Gasteiger partial charge in [-0.3, -0.25) is 0 Å². The summed E-state index contributed by atoms with van der Waals surface area (Å²) < 4.78 is 1.83. The summed E-state index contributed by atoms with van der Waals surface area (Å²) in [4.78, 5) is 11.2. The lowest BCUT2D eigenvalue weighted by molar-refractivity contribution is 0.0685. The summed E-state index contributed by atoms with van der Waals surface area (Å²) in [6, 6.07) is 12.0. The van der Waals surface area contributed by atoms with Crippen molar-refractivity contribution in [2.45, 2.75) is 33.7 Å². The topological polar surface area (TPSA) is 42.2 Å². The van der Waals surface area contributed by atoms with Gasteiger partial charge in [0.15, 0.2) is 0 Å². The second-order valence-electron chi connectivity index (χ2n) is 5.45. The van der Waals surface area contributed by atoms with Gasteiger partial charge < -0.3 is 9.67 Å². The van der Waals surface area contributed by atoms with Gasteiger partial charge in [0.1, 0.15) is 5.69 Å². The highest BCUT2D eigenvalue weighted by Crippen LogP contribution is 2.24. The molecule has 0 aliphatic heterocycles. The van der Waals surface area contributed by atoms with Gasteiger partial charge in [0.05, 0.1) is 0 Å². The Morgan fingerprint density at radius 2 is 1.80 bits per heavy atom. The van der Waals surface area contributed by atoms with E-state index in [1.807, 2.05) is 17.6 Å². The highest BCUT2D eigenvalue weighted by Gasteiger charge is 2.13. The molecule has 0 radical (unpaired) electrons. The molecule has 0 fully saturated rings. The third-order valence-electron chi connectivity index (χ3n) is 3.41. The number of nitrogens with zero attached hydrogens (tertiary/aromatic N) is 1. The first-order chi connectivity index (χ1) is 9.52. The average molecular weight is 271 g/mol. The van der Waals surface area contributed by atoms with Crippen molar-refractivity contribution in [3.63, 3.8) is 0 Å². The Labute approximate surface area is 119 Å². The van der Waals surface area contributed by atoms with Crippen LogP contribution in [-0.2, 0) is 13.0 Å². The maximum Gasteiger partial charge on any atom is 0.352 e. The maximum absolute atomic E-state index is 11.2. The van der Waals surface area contributed by atoms with Crippen LogP contribution in [0.15, 0.2) is 36.4 Å². The Morgan fingerprint density at radius 3 is 2.30 bits per heavy atom. The maximum atomic E-state index is 11.2. The van der Waals surface area contributed by atoms with Crippen molar-refractivity contribution in [2.75, 3.05) is 0 Å². The molecule has 1 aromatic heterocycles. The summed E-state index contributed by atoms with van der Waals surface area (Å²) in [5.41, 5.74) is 3.68. The van der Waals surface area contributed by atoms with Crippen molar-refractivity contribution < 1.29 is 9.90 Å². The zero-order valence-electron chi connectivity index (χ0n) is 12.3. The largest absolute Gasteiger partial charge is 0.477 e. The van der Waals surface area contributed by atoms with Crippen LogP contribution in [0.1, 0.15) is 36.8 Å². The van der Waals surface area contributed by atoms with E-state index in [0.29, 0.717) is 18.2 Å². The molecule has 0 saturated heterocycles. The van der Waals surface area contributed by atoms with E-state index >= 15 is 0 Å². The first-order valence-corrected chi connectivity index (χ1v) is 7.05. The van der Waals surface area contributed by atoms with E-state index in [-0.39, 0.29) is 0 Å². The van der Waals surface area contributed by atoms with Gasteiger partial charge in [0.2, 0.25) is 0 Å². The third kappa shape index (κ3) is 2.93. The molecule has 2 rings (SSSR count). The number of rotatable bonds is 5. The van der Waals surface area contributed by atoms with Crippen molar-refractivity contribution in [3.05, 3.63) is 47.7 Å². The predicted octanol–water partition coefficient (Wildman–Crippen LogP) is 4.07. The number of aromatic nitrogens is 1.